The van der Waals surface area contributed by atoms with Crippen LogP contribution in [0.4, 0.5) is 0 Å². The predicted molar refractivity (Wildman–Crippen MR) is 310 cm³/mol. The lowest BCUT2D eigenvalue weighted by atomic mass is 9.84. The van der Waals surface area contributed by atoms with Gasteiger partial charge < -0.3 is 4.74 Å². The van der Waals surface area contributed by atoms with Crippen molar-refractivity contribution in [3.63, 3.8) is 0 Å². The Balaban J connectivity index is 2.86. The maximum Gasteiger partial charge on any atom is 0.306 e. The summed E-state index contributed by atoms with van der Waals surface area (Å²) in [5, 5.41) is 0. The average molecular weight is 983 g/mol. The van der Waals surface area contributed by atoms with Crippen molar-refractivity contribution >= 4 is 5.97 Å². The Morgan fingerprint density at radius 2 is 0.657 bits per heavy atom. The first-order valence-corrected chi connectivity index (χ1v) is 32.7. The number of imidazole rings is 1. The van der Waals surface area contributed by atoms with E-state index in [9.17, 15) is 4.79 Å². The number of nitrogens with zero attached hydrogens (tertiary/aromatic N) is 2. The SMILES string of the molecule is CCCCCCCCCCCCCCCCCCC(CCCCCCCCCCCCCCCCCC)(CCCC(CCCCCCCCCC)n1cc[n+](C)c1)OC(=O)CCCCCCCCCC. The molecule has 0 saturated heterocycles. The van der Waals surface area contributed by atoms with Gasteiger partial charge in [-0.15, -0.1) is 0 Å². The molecular formula is C66H129N2O2+. The fourth-order valence-electron chi connectivity index (χ4n) is 11.5. The van der Waals surface area contributed by atoms with Crippen LogP contribution < -0.4 is 4.57 Å². The second-order valence-corrected chi connectivity index (χ2v) is 23.3. The van der Waals surface area contributed by atoms with Gasteiger partial charge in [0.2, 0.25) is 6.33 Å². The van der Waals surface area contributed by atoms with Crippen molar-refractivity contribution in [3.8, 4) is 0 Å². The maximum absolute atomic E-state index is 14.0. The topological polar surface area (TPSA) is 35.1 Å². The van der Waals surface area contributed by atoms with Gasteiger partial charge in [-0.05, 0) is 64.2 Å². The molecule has 1 atom stereocenters. The van der Waals surface area contributed by atoms with E-state index in [2.05, 4.69) is 62.6 Å². The summed E-state index contributed by atoms with van der Waals surface area (Å²) in [5.74, 6) is 0.104. The average Bonchev–Trinajstić information content (AvgIpc) is 3.80. The number of esters is 1. The number of rotatable bonds is 58. The maximum atomic E-state index is 14.0. The number of carbonyl (C=O) groups is 1. The molecule has 0 bridgehead atoms. The van der Waals surface area contributed by atoms with Crippen LogP contribution in [-0.2, 0) is 16.6 Å². The first-order chi connectivity index (χ1) is 34.5. The monoisotopic (exact) mass is 982 g/mol. The van der Waals surface area contributed by atoms with Crippen LogP contribution in [0.25, 0.3) is 0 Å². The molecule has 1 unspecified atom stereocenters. The van der Waals surface area contributed by atoms with Crippen molar-refractivity contribution in [2.75, 3.05) is 0 Å². The molecule has 0 N–H and O–H groups in total. The molecule has 0 amide bonds. The van der Waals surface area contributed by atoms with Gasteiger partial charge in [0, 0.05) is 6.42 Å². The summed E-state index contributed by atoms with van der Waals surface area (Å²) in [7, 11) is 2.16. The van der Waals surface area contributed by atoms with Crippen molar-refractivity contribution in [3.05, 3.63) is 18.7 Å². The summed E-state index contributed by atoms with van der Waals surface area (Å²) < 4.78 is 11.7. The minimum atomic E-state index is -0.298. The second kappa shape index (κ2) is 52.5. The highest BCUT2D eigenvalue weighted by atomic mass is 16.6. The third-order valence-electron chi connectivity index (χ3n) is 16.3. The van der Waals surface area contributed by atoms with Gasteiger partial charge in [0.1, 0.15) is 24.0 Å². The molecule has 414 valence electrons. The van der Waals surface area contributed by atoms with E-state index in [1.54, 1.807) is 0 Å². The van der Waals surface area contributed by atoms with Crippen molar-refractivity contribution in [2.24, 2.45) is 7.05 Å². The Labute approximate surface area is 441 Å². The number of hydrogen-bond donors (Lipinski definition) is 0. The molecule has 0 aromatic carbocycles. The number of hydrogen-bond acceptors (Lipinski definition) is 2. The molecule has 1 aromatic rings. The fourth-order valence-corrected chi connectivity index (χ4v) is 11.5. The molecule has 0 aliphatic rings. The largest absolute Gasteiger partial charge is 0.459 e. The molecule has 70 heavy (non-hydrogen) atoms. The fraction of sp³-hybridized carbons (Fsp3) is 0.939. The summed E-state index contributed by atoms with van der Waals surface area (Å²) in [6.07, 6.45) is 79.9. The molecular weight excluding hydrogens is 853 g/mol. The Hall–Kier alpha value is -1.32. The van der Waals surface area contributed by atoms with Gasteiger partial charge in [-0.25, -0.2) is 9.13 Å². The van der Waals surface area contributed by atoms with E-state index in [4.69, 9.17) is 4.74 Å². The lowest BCUT2D eigenvalue weighted by Crippen LogP contribution is -2.36. The Kier molecular flexibility index (Phi) is 50.1. The Morgan fingerprint density at radius 1 is 0.386 bits per heavy atom. The van der Waals surface area contributed by atoms with E-state index in [1.165, 1.54) is 315 Å². The van der Waals surface area contributed by atoms with E-state index < -0.39 is 0 Å². The number of ether oxygens (including phenoxy) is 1. The third-order valence-corrected chi connectivity index (χ3v) is 16.3. The number of unbranched alkanes of at least 4 members (excludes halogenated alkanes) is 44. The summed E-state index contributed by atoms with van der Waals surface area (Å²) in [6, 6.07) is 0.526. The van der Waals surface area contributed by atoms with E-state index >= 15 is 0 Å². The van der Waals surface area contributed by atoms with Gasteiger partial charge in [0.05, 0.1) is 7.05 Å². The van der Waals surface area contributed by atoms with Crippen molar-refractivity contribution in [2.45, 2.75) is 392 Å². The molecule has 4 heteroatoms. The van der Waals surface area contributed by atoms with Crippen LogP contribution in [0.3, 0.4) is 0 Å². The van der Waals surface area contributed by atoms with E-state index in [0.717, 1.165) is 32.1 Å². The predicted octanol–water partition coefficient (Wildman–Crippen LogP) is 22.7. The molecule has 0 radical (unpaired) electrons. The molecule has 1 heterocycles. The zero-order valence-corrected chi connectivity index (χ0v) is 48.9. The molecule has 0 fully saturated rings. The first kappa shape index (κ1) is 66.7. The van der Waals surface area contributed by atoms with Crippen LogP contribution >= 0.6 is 0 Å². The Morgan fingerprint density at radius 3 is 0.971 bits per heavy atom. The minimum absolute atomic E-state index is 0.104. The quantitative estimate of drug-likeness (QED) is 0.0370. The van der Waals surface area contributed by atoms with Crippen LogP contribution in [0, 0.1) is 0 Å². The minimum Gasteiger partial charge on any atom is -0.459 e. The van der Waals surface area contributed by atoms with Crippen molar-refractivity contribution in [1.29, 1.82) is 0 Å². The summed E-state index contributed by atoms with van der Waals surface area (Å²) in [4.78, 5) is 14.0. The highest BCUT2D eigenvalue weighted by Gasteiger charge is 2.34. The molecule has 1 rings (SSSR count). The summed E-state index contributed by atoms with van der Waals surface area (Å²) in [6.45, 7) is 9.24. The lowest BCUT2D eigenvalue weighted by Gasteiger charge is -2.35. The zero-order valence-electron chi connectivity index (χ0n) is 48.9. The van der Waals surface area contributed by atoms with E-state index in [1.807, 2.05) is 0 Å². The molecule has 4 nitrogen and oxygen atoms in total. The first-order valence-electron chi connectivity index (χ1n) is 32.7. The van der Waals surface area contributed by atoms with Crippen LogP contribution in [-0.4, -0.2) is 16.1 Å². The van der Waals surface area contributed by atoms with Gasteiger partial charge in [-0.3, -0.25) is 4.79 Å². The summed E-state index contributed by atoms with van der Waals surface area (Å²) in [5.41, 5.74) is -0.298. The molecule has 0 aliphatic carbocycles. The van der Waals surface area contributed by atoms with Gasteiger partial charge in [0.25, 0.3) is 0 Å². The van der Waals surface area contributed by atoms with Gasteiger partial charge in [0.15, 0.2) is 0 Å². The highest BCUT2D eigenvalue weighted by molar-refractivity contribution is 5.69. The van der Waals surface area contributed by atoms with Gasteiger partial charge >= 0.3 is 5.97 Å². The Bertz CT molecular complexity index is 1140. The standard InChI is InChI=1S/C66H129N2O2/c1-6-10-14-18-22-26-28-30-32-34-36-38-40-44-48-52-58-66(70-65(69)57-51-47-43-25-21-17-13-9-4,59-53-49-45-41-39-37-35-33-31-29-27-23-19-15-11-7-2)60-54-56-64(68-62-61-67(5)63-68)55-50-46-42-24-20-16-12-8-3/h61-64H,6-60H2,1-5H3/q+1. The van der Waals surface area contributed by atoms with E-state index in [-0.39, 0.29) is 11.6 Å². The van der Waals surface area contributed by atoms with Crippen molar-refractivity contribution < 1.29 is 14.1 Å². The number of carbonyl (C=O) groups excluding carboxylic acids is 1. The lowest BCUT2D eigenvalue weighted by molar-refractivity contribution is -0.671. The highest BCUT2D eigenvalue weighted by Crippen LogP contribution is 2.35. The van der Waals surface area contributed by atoms with Crippen molar-refractivity contribution in [1.82, 2.24) is 4.57 Å². The van der Waals surface area contributed by atoms with Crippen LogP contribution in [0.1, 0.15) is 387 Å². The van der Waals surface area contributed by atoms with Gasteiger partial charge in [-0.1, -0.05) is 310 Å². The van der Waals surface area contributed by atoms with Crippen LogP contribution in [0.5, 0.6) is 0 Å². The van der Waals surface area contributed by atoms with Crippen LogP contribution in [0.15, 0.2) is 18.7 Å². The zero-order chi connectivity index (χ0) is 50.5. The molecule has 0 saturated carbocycles. The molecule has 1 aromatic heterocycles. The van der Waals surface area contributed by atoms with Gasteiger partial charge in [-0.2, -0.15) is 0 Å². The smallest absolute Gasteiger partial charge is 0.306 e. The normalized spacial score (nSPS) is 12.4. The third kappa shape index (κ3) is 43.1. The summed E-state index contributed by atoms with van der Waals surface area (Å²) >= 11 is 0. The number of aryl methyl sites for hydroxylation is 1. The molecule has 0 spiro atoms. The number of aromatic nitrogens is 2. The van der Waals surface area contributed by atoms with E-state index in [0.29, 0.717) is 12.5 Å². The second-order valence-electron chi connectivity index (χ2n) is 23.3. The molecule has 0 aliphatic heterocycles. The van der Waals surface area contributed by atoms with Crippen LogP contribution in [0.2, 0.25) is 0 Å².